The second-order valence-electron chi connectivity index (χ2n) is 8.64. The third-order valence-electron chi connectivity index (χ3n) is 4.48. The van der Waals surface area contributed by atoms with Crippen molar-refractivity contribution < 1.29 is 14.3 Å². The van der Waals surface area contributed by atoms with Crippen LogP contribution in [0, 0.1) is 6.92 Å². The lowest BCUT2D eigenvalue weighted by Gasteiger charge is -2.21. The average molecular weight is 425 g/mol. The fourth-order valence-electron chi connectivity index (χ4n) is 3.01. The molecule has 166 valence electrons. The molecule has 1 amide bonds. The molecule has 31 heavy (non-hydrogen) atoms. The van der Waals surface area contributed by atoms with E-state index in [0.717, 1.165) is 23.4 Å². The van der Waals surface area contributed by atoms with Crippen molar-refractivity contribution in [3.8, 4) is 11.5 Å². The summed E-state index contributed by atoms with van der Waals surface area (Å²) in [6.07, 6.45) is 0.852. The quantitative estimate of drug-likeness (QED) is 0.504. The number of nitrogens with one attached hydrogen (secondary N) is 3. The number of ether oxygens (including phenoxy) is 2. The Hall–Kier alpha value is -3.22. The monoisotopic (exact) mass is 424 g/mol. The molecule has 0 fully saturated rings. The highest BCUT2D eigenvalue weighted by molar-refractivity contribution is 5.96. The standard InChI is InChI=1S/C24H32N4O3/c1-17-6-8-18(9-7-17)15-25-23(26-16-22(29)28-24(2,3)4)27-19-10-11-20-21(14-19)31-13-5-12-30-20/h6-11,14H,5,12-13,15-16H2,1-4H3,(H,28,29)(H2,25,26,27). The number of carbonyl (C=O) groups is 1. The SMILES string of the molecule is Cc1ccc(CN=C(NCC(=O)NC(C)(C)C)Nc2ccc3c(c2)OCCCO3)cc1. The molecule has 1 heterocycles. The van der Waals surface area contributed by atoms with E-state index in [9.17, 15) is 4.79 Å². The summed E-state index contributed by atoms with van der Waals surface area (Å²) < 4.78 is 11.5. The Bertz CT molecular complexity index is 917. The molecule has 0 saturated heterocycles. The third-order valence-corrected chi connectivity index (χ3v) is 4.48. The summed E-state index contributed by atoms with van der Waals surface area (Å²) in [4.78, 5) is 16.9. The van der Waals surface area contributed by atoms with Gasteiger partial charge >= 0.3 is 0 Å². The van der Waals surface area contributed by atoms with Gasteiger partial charge in [-0.3, -0.25) is 4.79 Å². The number of benzene rings is 2. The van der Waals surface area contributed by atoms with Crippen molar-refractivity contribution in [2.75, 3.05) is 25.1 Å². The van der Waals surface area contributed by atoms with Crippen LogP contribution in [-0.4, -0.2) is 37.2 Å². The molecular weight excluding hydrogens is 392 g/mol. The molecule has 7 heteroatoms. The Morgan fingerprint density at radius 3 is 2.45 bits per heavy atom. The fraction of sp³-hybridized carbons (Fsp3) is 0.417. The predicted molar refractivity (Wildman–Crippen MR) is 124 cm³/mol. The minimum Gasteiger partial charge on any atom is -0.490 e. The van der Waals surface area contributed by atoms with E-state index in [4.69, 9.17) is 9.47 Å². The number of anilines is 1. The Morgan fingerprint density at radius 2 is 1.74 bits per heavy atom. The number of nitrogens with zero attached hydrogens (tertiary/aromatic N) is 1. The summed E-state index contributed by atoms with van der Waals surface area (Å²) in [5.41, 5.74) is 2.80. The van der Waals surface area contributed by atoms with Crippen molar-refractivity contribution in [3.05, 3.63) is 53.6 Å². The summed E-state index contributed by atoms with van der Waals surface area (Å²) >= 11 is 0. The average Bonchev–Trinajstić information content (AvgIpc) is 2.95. The minimum absolute atomic E-state index is 0.101. The van der Waals surface area contributed by atoms with E-state index in [0.29, 0.717) is 31.5 Å². The molecule has 0 unspecified atom stereocenters. The number of guanidine groups is 1. The van der Waals surface area contributed by atoms with Gasteiger partial charge < -0.3 is 25.4 Å². The third kappa shape index (κ3) is 7.51. The predicted octanol–water partition coefficient (Wildman–Crippen LogP) is 3.63. The molecule has 0 radical (unpaired) electrons. The van der Waals surface area contributed by atoms with Crippen LogP contribution in [0.3, 0.4) is 0 Å². The molecule has 2 aromatic carbocycles. The van der Waals surface area contributed by atoms with E-state index < -0.39 is 0 Å². The first-order chi connectivity index (χ1) is 14.8. The lowest BCUT2D eigenvalue weighted by Crippen LogP contribution is -2.46. The molecule has 3 rings (SSSR count). The number of hydrogen-bond acceptors (Lipinski definition) is 4. The topological polar surface area (TPSA) is 84.0 Å². The molecule has 0 atom stereocenters. The lowest BCUT2D eigenvalue weighted by atomic mass is 10.1. The molecule has 2 aromatic rings. The highest BCUT2D eigenvalue weighted by Crippen LogP contribution is 2.32. The minimum atomic E-state index is -0.292. The van der Waals surface area contributed by atoms with Crippen LogP contribution in [0.1, 0.15) is 38.3 Å². The van der Waals surface area contributed by atoms with Gasteiger partial charge in [0.05, 0.1) is 26.3 Å². The molecule has 0 aliphatic carbocycles. The Labute approximate surface area is 184 Å². The fourth-order valence-corrected chi connectivity index (χ4v) is 3.01. The highest BCUT2D eigenvalue weighted by Gasteiger charge is 2.15. The van der Waals surface area contributed by atoms with E-state index >= 15 is 0 Å². The van der Waals surface area contributed by atoms with Crippen LogP contribution in [0.4, 0.5) is 5.69 Å². The van der Waals surface area contributed by atoms with Gasteiger partial charge in [-0.2, -0.15) is 0 Å². The van der Waals surface area contributed by atoms with Gasteiger partial charge in [0.2, 0.25) is 5.91 Å². The van der Waals surface area contributed by atoms with Crippen LogP contribution in [0.5, 0.6) is 11.5 Å². The van der Waals surface area contributed by atoms with Crippen LogP contribution < -0.4 is 25.4 Å². The molecule has 0 bridgehead atoms. The van der Waals surface area contributed by atoms with E-state index in [1.807, 2.05) is 39.0 Å². The number of fused-ring (bicyclic) bond motifs is 1. The molecule has 1 aliphatic heterocycles. The molecule has 0 spiro atoms. The summed E-state index contributed by atoms with van der Waals surface area (Å²) in [5, 5.41) is 9.34. The maximum atomic E-state index is 12.3. The summed E-state index contributed by atoms with van der Waals surface area (Å²) in [7, 11) is 0. The van der Waals surface area contributed by atoms with Gasteiger partial charge in [-0.25, -0.2) is 4.99 Å². The van der Waals surface area contributed by atoms with Crippen molar-refractivity contribution in [2.45, 2.75) is 46.2 Å². The van der Waals surface area contributed by atoms with Crippen molar-refractivity contribution in [2.24, 2.45) is 4.99 Å². The molecule has 7 nitrogen and oxygen atoms in total. The summed E-state index contributed by atoms with van der Waals surface area (Å²) in [5.74, 6) is 1.85. The first-order valence-corrected chi connectivity index (χ1v) is 10.6. The zero-order valence-electron chi connectivity index (χ0n) is 18.7. The van der Waals surface area contributed by atoms with Crippen LogP contribution in [-0.2, 0) is 11.3 Å². The summed E-state index contributed by atoms with van der Waals surface area (Å²) in [6.45, 7) is 9.78. The van der Waals surface area contributed by atoms with Crippen molar-refractivity contribution >= 4 is 17.6 Å². The number of amides is 1. The van der Waals surface area contributed by atoms with Crippen LogP contribution >= 0.6 is 0 Å². The normalized spacial score (nSPS) is 13.9. The number of carbonyl (C=O) groups excluding carboxylic acids is 1. The van der Waals surface area contributed by atoms with Crippen LogP contribution in [0.15, 0.2) is 47.5 Å². The number of rotatable bonds is 5. The van der Waals surface area contributed by atoms with Crippen molar-refractivity contribution in [1.29, 1.82) is 0 Å². The van der Waals surface area contributed by atoms with E-state index in [2.05, 4.69) is 52.1 Å². The van der Waals surface area contributed by atoms with Gasteiger partial charge in [-0.05, 0) is 45.4 Å². The number of aryl methyl sites for hydroxylation is 1. The lowest BCUT2D eigenvalue weighted by molar-refractivity contribution is -0.121. The largest absolute Gasteiger partial charge is 0.490 e. The van der Waals surface area contributed by atoms with Gasteiger partial charge in [0, 0.05) is 23.7 Å². The molecular formula is C24H32N4O3. The maximum absolute atomic E-state index is 12.3. The first kappa shape index (κ1) is 22.5. The van der Waals surface area contributed by atoms with Gasteiger partial charge in [0.1, 0.15) is 0 Å². The second kappa shape index (κ2) is 10.2. The number of aliphatic imine (C=N–C) groups is 1. The Morgan fingerprint density at radius 1 is 1.03 bits per heavy atom. The van der Waals surface area contributed by atoms with E-state index in [1.54, 1.807) is 0 Å². The van der Waals surface area contributed by atoms with Crippen LogP contribution in [0.2, 0.25) is 0 Å². The van der Waals surface area contributed by atoms with Gasteiger partial charge in [0.25, 0.3) is 0 Å². The van der Waals surface area contributed by atoms with E-state index in [-0.39, 0.29) is 18.0 Å². The van der Waals surface area contributed by atoms with Gasteiger partial charge in [-0.1, -0.05) is 29.8 Å². The van der Waals surface area contributed by atoms with E-state index in [1.165, 1.54) is 5.56 Å². The molecule has 0 saturated carbocycles. The highest BCUT2D eigenvalue weighted by atomic mass is 16.5. The van der Waals surface area contributed by atoms with Crippen molar-refractivity contribution in [1.82, 2.24) is 10.6 Å². The number of hydrogen-bond donors (Lipinski definition) is 3. The van der Waals surface area contributed by atoms with Crippen LogP contribution in [0.25, 0.3) is 0 Å². The Kier molecular flexibility index (Phi) is 7.39. The summed E-state index contributed by atoms with van der Waals surface area (Å²) in [6, 6.07) is 13.9. The zero-order valence-corrected chi connectivity index (χ0v) is 18.7. The first-order valence-electron chi connectivity index (χ1n) is 10.6. The molecule has 3 N–H and O–H groups in total. The van der Waals surface area contributed by atoms with Gasteiger partial charge in [0.15, 0.2) is 17.5 Å². The zero-order chi connectivity index (χ0) is 22.3. The molecule has 1 aliphatic rings. The Balaban J connectivity index is 1.73. The smallest absolute Gasteiger partial charge is 0.239 e. The van der Waals surface area contributed by atoms with Gasteiger partial charge in [-0.15, -0.1) is 0 Å². The van der Waals surface area contributed by atoms with Crippen molar-refractivity contribution in [3.63, 3.8) is 0 Å². The molecule has 0 aromatic heterocycles. The second-order valence-corrected chi connectivity index (χ2v) is 8.64. The maximum Gasteiger partial charge on any atom is 0.239 e.